The normalized spacial score (nSPS) is 18.8. The highest BCUT2D eigenvalue weighted by Gasteiger charge is 2.41. The molecule has 1 aliphatic rings. The van der Waals surface area contributed by atoms with E-state index >= 15 is 0 Å². The number of nitrogens with one attached hydrogen (secondary N) is 1. The molecule has 0 spiro atoms. The number of amides is 2. The van der Waals surface area contributed by atoms with E-state index in [1.54, 1.807) is 25.1 Å². The third-order valence-electron chi connectivity index (χ3n) is 3.78. The molecule has 23 heavy (non-hydrogen) atoms. The molecule has 2 rings (SSSR count). The molecule has 0 aromatic heterocycles. The smallest absolute Gasteiger partial charge is 0.337 e. The summed E-state index contributed by atoms with van der Waals surface area (Å²) in [4.78, 5) is 26.3. The predicted molar refractivity (Wildman–Crippen MR) is 84.0 cm³/mol. The number of methoxy groups -OCH3 is 1. The van der Waals surface area contributed by atoms with E-state index in [0.29, 0.717) is 5.70 Å². The fraction of sp³-hybridized carbons (Fsp3) is 0.412. The Balaban J connectivity index is 2.65. The van der Waals surface area contributed by atoms with Crippen LogP contribution in [0.4, 0.5) is 9.18 Å². The summed E-state index contributed by atoms with van der Waals surface area (Å²) >= 11 is 0. The molecule has 0 saturated carbocycles. The van der Waals surface area contributed by atoms with Crippen molar-refractivity contribution in [2.75, 3.05) is 7.11 Å². The second kappa shape index (κ2) is 6.02. The minimum atomic E-state index is -0.880. The molecular weight excluding hydrogens is 299 g/mol. The van der Waals surface area contributed by atoms with Crippen molar-refractivity contribution in [1.82, 2.24) is 10.2 Å². The van der Waals surface area contributed by atoms with Crippen LogP contribution in [0.1, 0.15) is 39.3 Å². The number of benzene rings is 1. The average molecular weight is 320 g/mol. The van der Waals surface area contributed by atoms with Gasteiger partial charge in [0, 0.05) is 16.8 Å². The number of allylic oxidation sites excluding steroid dienone is 1. The van der Waals surface area contributed by atoms with Gasteiger partial charge in [0.2, 0.25) is 0 Å². The Hall–Kier alpha value is -2.37. The first-order chi connectivity index (χ1) is 10.7. The van der Waals surface area contributed by atoms with Gasteiger partial charge in [-0.1, -0.05) is 18.2 Å². The van der Waals surface area contributed by atoms with E-state index in [2.05, 4.69) is 5.32 Å². The Labute approximate surface area is 135 Å². The molecular formula is C17H21FN2O3. The van der Waals surface area contributed by atoms with Crippen LogP contribution in [0.25, 0.3) is 0 Å². The molecule has 0 bridgehead atoms. The molecule has 1 heterocycles. The molecule has 1 aromatic rings. The second-order valence-electron chi connectivity index (χ2n) is 6.40. The average Bonchev–Trinajstić information content (AvgIpc) is 2.45. The van der Waals surface area contributed by atoms with Gasteiger partial charge in [0.25, 0.3) is 0 Å². The fourth-order valence-electron chi connectivity index (χ4n) is 2.87. The number of halogens is 1. The van der Waals surface area contributed by atoms with Crippen molar-refractivity contribution in [3.05, 3.63) is 46.9 Å². The Kier molecular flexibility index (Phi) is 4.45. The second-order valence-corrected chi connectivity index (χ2v) is 6.40. The van der Waals surface area contributed by atoms with Gasteiger partial charge in [-0.15, -0.1) is 0 Å². The molecule has 2 amide bonds. The van der Waals surface area contributed by atoms with Gasteiger partial charge in [0.15, 0.2) is 0 Å². The van der Waals surface area contributed by atoms with Gasteiger partial charge in [-0.25, -0.2) is 14.0 Å². The minimum Gasteiger partial charge on any atom is -0.466 e. The van der Waals surface area contributed by atoms with Gasteiger partial charge < -0.3 is 10.1 Å². The Morgan fingerprint density at radius 2 is 1.91 bits per heavy atom. The number of carbonyl (C=O) groups excluding carboxylic acids is 2. The van der Waals surface area contributed by atoms with Crippen molar-refractivity contribution in [2.45, 2.75) is 39.3 Å². The predicted octanol–water partition coefficient (Wildman–Crippen LogP) is 3.14. The molecule has 1 atom stereocenters. The van der Waals surface area contributed by atoms with Crippen LogP contribution < -0.4 is 5.32 Å². The highest BCUT2D eigenvalue weighted by atomic mass is 19.1. The number of nitrogens with zero attached hydrogens (tertiary/aromatic N) is 1. The molecule has 1 aromatic carbocycles. The van der Waals surface area contributed by atoms with E-state index in [9.17, 15) is 14.0 Å². The number of esters is 1. The largest absolute Gasteiger partial charge is 0.466 e. The first-order valence-corrected chi connectivity index (χ1v) is 7.32. The maximum atomic E-state index is 14.2. The van der Waals surface area contributed by atoms with E-state index < -0.39 is 23.4 Å². The molecule has 6 heteroatoms. The summed E-state index contributed by atoms with van der Waals surface area (Å²) in [5.41, 5.74) is 0.385. The molecule has 1 aliphatic heterocycles. The zero-order valence-corrected chi connectivity index (χ0v) is 13.9. The molecule has 1 N–H and O–H groups in total. The topological polar surface area (TPSA) is 58.6 Å². The van der Waals surface area contributed by atoms with E-state index in [1.807, 2.05) is 20.8 Å². The quantitative estimate of drug-likeness (QED) is 0.852. The monoisotopic (exact) mass is 320 g/mol. The van der Waals surface area contributed by atoms with Gasteiger partial charge in [0.1, 0.15) is 5.82 Å². The third kappa shape index (κ3) is 3.06. The van der Waals surface area contributed by atoms with E-state index in [-0.39, 0.29) is 17.2 Å². The van der Waals surface area contributed by atoms with Crippen LogP contribution >= 0.6 is 0 Å². The number of urea groups is 1. The minimum absolute atomic E-state index is 0.229. The zero-order chi connectivity index (χ0) is 17.4. The molecule has 0 fully saturated rings. The van der Waals surface area contributed by atoms with Crippen molar-refractivity contribution < 1.29 is 18.7 Å². The molecule has 5 nitrogen and oxygen atoms in total. The fourth-order valence-corrected chi connectivity index (χ4v) is 2.87. The highest BCUT2D eigenvalue weighted by molar-refractivity contribution is 5.95. The summed E-state index contributed by atoms with van der Waals surface area (Å²) in [6.45, 7) is 7.24. The van der Waals surface area contributed by atoms with Crippen LogP contribution in [0.15, 0.2) is 35.5 Å². The highest BCUT2D eigenvalue weighted by Crippen LogP contribution is 2.35. The van der Waals surface area contributed by atoms with Crippen molar-refractivity contribution >= 4 is 12.0 Å². The number of ether oxygens (including phenoxy) is 1. The van der Waals surface area contributed by atoms with E-state index in [4.69, 9.17) is 4.74 Å². The van der Waals surface area contributed by atoms with Gasteiger partial charge in [-0.3, -0.25) is 4.90 Å². The van der Waals surface area contributed by atoms with Gasteiger partial charge >= 0.3 is 12.0 Å². The van der Waals surface area contributed by atoms with Crippen LogP contribution in [0.3, 0.4) is 0 Å². The van der Waals surface area contributed by atoms with Crippen LogP contribution in [0.2, 0.25) is 0 Å². The Morgan fingerprint density at radius 1 is 1.30 bits per heavy atom. The third-order valence-corrected chi connectivity index (χ3v) is 3.78. The van der Waals surface area contributed by atoms with Gasteiger partial charge in [-0.05, 0) is 33.8 Å². The summed E-state index contributed by atoms with van der Waals surface area (Å²) in [5, 5.41) is 2.71. The van der Waals surface area contributed by atoms with Crippen molar-refractivity contribution in [2.24, 2.45) is 0 Å². The lowest BCUT2D eigenvalue weighted by Crippen LogP contribution is -2.54. The summed E-state index contributed by atoms with van der Waals surface area (Å²) in [6, 6.07) is 4.79. The SMILES string of the molecule is COC(=O)C1=C(C)N(C(C)(C)C)C(=O)NC1c1ccccc1F. The number of hydrogen-bond acceptors (Lipinski definition) is 3. The van der Waals surface area contributed by atoms with Crippen LogP contribution in [0.5, 0.6) is 0 Å². The Bertz CT molecular complexity index is 677. The van der Waals surface area contributed by atoms with E-state index in [0.717, 1.165) is 0 Å². The van der Waals surface area contributed by atoms with Crippen LogP contribution in [-0.4, -0.2) is 29.5 Å². The van der Waals surface area contributed by atoms with Crippen LogP contribution in [-0.2, 0) is 9.53 Å². The van der Waals surface area contributed by atoms with Crippen molar-refractivity contribution in [3.63, 3.8) is 0 Å². The summed E-state index contributed by atoms with van der Waals surface area (Å²) < 4.78 is 19.0. The number of rotatable bonds is 2. The van der Waals surface area contributed by atoms with Crippen LogP contribution in [0, 0.1) is 5.82 Å². The Morgan fingerprint density at radius 3 is 2.43 bits per heavy atom. The lowest BCUT2D eigenvalue weighted by molar-refractivity contribution is -0.136. The maximum Gasteiger partial charge on any atom is 0.337 e. The zero-order valence-electron chi connectivity index (χ0n) is 13.9. The standard InChI is InChI=1S/C17H21FN2O3/c1-10-13(15(21)23-5)14(11-8-6-7-9-12(11)18)19-16(22)20(10)17(2,3)4/h6-9,14H,1-5H3,(H,19,22). The first-order valence-electron chi connectivity index (χ1n) is 7.32. The summed E-state index contributed by atoms with van der Waals surface area (Å²) in [6.07, 6.45) is 0. The lowest BCUT2D eigenvalue weighted by atomic mass is 9.92. The van der Waals surface area contributed by atoms with Gasteiger partial charge in [-0.2, -0.15) is 0 Å². The summed E-state index contributed by atoms with van der Waals surface area (Å²) in [5.74, 6) is -1.08. The lowest BCUT2D eigenvalue weighted by Gasteiger charge is -2.42. The summed E-state index contributed by atoms with van der Waals surface area (Å²) in [7, 11) is 1.26. The molecule has 1 unspecified atom stereocenters. The first kappa shape index (κ1) is 17.0. The van der Waals surface area contributed by atoms with E-state index in [1.165, 1.54) is 18.1 Å². The maximum absolute atomic E-state index is 14.2. The molecule has 124 valence electrons. The molecule has 0 saturated heterocycles. The molecule has 0 aliphatic carbocycles. The number of carbonyl (C=O) groups is 2. The van der Waals surface area contributed by atoms with Gasteiger partial charge in [0.05, 0.1) is 18.7 Å². The van der Waals surface area contributed by atoms with Crippen molar-refractivity contribution in [1.29, 1.82) is 0 Å². The van der Waals surface area contributed by atoms with Crippen molar-refractivity contribution in [3.8, 4) is 0 Å². The number of hydrogen-bond donors (Lipinski definition) is 1. The molecule has 0 radical (unpaired) electrons.